The Morgan fingerprint density at radius 2 is 1.02 bits per heavy atom. The lowest BCUT2D eigenvalue weighted by Crippen LogP contribution is -2.32. The molecule has 0 radical (unpaired) electrons. The molecule has 2 heterocycles. The van der Waals surface area contributed by atoms with Crippen LogP contribution in [0.15, 0.2) is 73.1 Å². The van der Waals surface area contributed by atoms with Crippen LogP contribution in [0.25, 0.3) is 0 Å². The van der Waals surface area contributed by atoms with Crippen LogP contribution in [0.3, 0.4) is 0 Å². The first kappa shape index (κ1) is 32.5. The van der Waals surface area contributed by atoms with Crippen LogP contribution in [-0.4, -0.2) is 68.2 Å². The van der Waals surface area contributed by atoms with Gasteiger partial charge in [-0.1, -0.05) is 98.8 Å². The van der Waals surface area contributed by atoms with E-state index < -0.39 is 0 Å². The van der Waals surface area contributed by atoms with E-state index >= 15 is 0 Å². The average molecular weight is 603 g/mol. The molecule has 2 N–H and O–H groups in total. The highest BCUT2D eigenvalue weighted by atomic mass is 16.5. The zero-order valence-electron chi connectivity index (χ0n) is 25.8. The summed E-state index contributed by atoms with van der Waals surface area (Å²) in [5.41, 5.74) is 3.22. The Hall–Kier alpha value is -4.42. The number of aromatic nitrogens is 6. The number of nitrogens with zero attached hydrogens (tertiary/aromatic N) is 6. The summed E-state index contributed by atoms with van der Waals surface area (Å²) in [6, 6.07) is 18.7. The summed E-state index contributed by atoms with van der Waals surface area (Å²) in [5, 5.41) is 23.2. The van der Waals surface area contributed by atoms with E-state index in [9.17, 15) is 9.59 Å². The molecule has 0 aliphatic rings. The van der Waals surface area contributed by atoms with Gasteiger partial charge in [-0.2, -0.15) is 0 Å². The molecule has 0 saturated heterocycles. The van der Waals surface area contributed by atoms with E-state index in [0.29, 0.717) is 50.9 Å². The maximum absolute atomic E-state index is 12.4. The van der Waals surface area contributed by atoms with Gasteiger partial charge in [0, 0.05) is 11.8 Å². The van der Waals surface area contributed by atoms with Gasteiger partial charge in [-0.25, -0.2) is 9.36 Å². The minimum absolute atomic E-state index is 0.0486. The third-order valence-corrected chi connectivity index (χ3v) is 6.89. The Bertz CT molecular complexity index is 1330. The first-order valence-corrected chi connectivity index (χ1v) is 15.0. The minimum Gasteiger partial charge on any atom is -0.377 e. The number of carbonyl (C=O) groups excluding carboxylic acids is 2. The topological polar surface area (TPSA) is 138 Å². The van der Waals surface area contributed by atoms with Crippen LogP contribution in [0.5, 0.6) is 0 Å². The normalized spacial score (nSPS) is 12.8. The number of hydrogen-bond donors (Lipinski definition) is 2. The molecule has 12 nitrogen and oxygen atoms in total. The molecule has 0 fully saturated rings. The highest BCUT2D eigenvalue weighted by Crippen LogP contribution is 2.21. The van der Waals surface area contributed by atoms with E-state index in [1.54, 1.807) is 9.36 Å². The number of carbonyl (C=O) groups is 2. The number of nitrogens with one attached hydrogen (secondary N) is 2. The minimum atomic E-state index is -0.377. The molecular weight excluding hydrogens is 560 g/mol. The Morgan fingerprint density at radius 3 is 1.39 bits per heavy atom. The predicted octanol–water partition coefficient (Wildman–Crippen LogP) is 3.33. The summed E-state index contributed by atoms with van der Waals surface area (Å²) in [7, 11) is 0. The quantitative estimate of drug-likeness (QED) is 0.176. The predicted molar refractivity (Wildman–Crippen MR) is 164 cm³/mol. The molecule has 2 aromatic heterocycles. The van der Waals surface area contributed by atoms with Crippen molar-refractivity contribution in [1.29, 1.82) is 0 Å². The monoisotopic (exact) mass is 602 g/mol. The highest BCUT2D eigenvalue weighted by molar-refractivity contribution is 5.79. The first-order chi connectivity index (χ1) is 21.3. The summed E-state index contributed by atoms with van der Waals surface area (Å²) in [6.45, 7) is 10.2. The van der Waals surface area contributed by atoms with Gasteiger partial charge in [0.05, 0.1) is 64.0 Å². The largest absolute Gasteiger partial charge is 0.377 e. The maximum Gasteiger partial charge on any atom is 0.223 e. The zero-order valence-corrected chi connectivity index (χ0v) is 25.8. The van der Waals surface area contributed by atoms with E-state index in [-0.39, 0.29) is 35.7 Å². The van der Waals surface area contributed by atoms with Crippen molar-refractivity contribution in [3.05, 3.63) is 95.6 Å². The Kier molecular flexibility index (Phi) is 12.1. The van der Waals surface area contributed by atoms with Crippen LogP contribution in [0, 0.1) is 11.8 Å². The summed E-state index contributed by atoms with van der Waals surface area (Å²) in [5.74, 6) is -0.382. The van der Waals surface area contributed by atoms with Crippen molar-refractivity contribution in [1.82, 2.24) is 40.6 Å². The summed E-state index contributed by atoms with van der Waals surface area (Å²) >= 11 is 0. The molecule has 2 atom stereocenters. The van der Waals surface area contributed by atoms with Gasteiger partial charge >= 0.3 is 0 Å². The molecule has 0 aliphatic carbocycles. The van der Waals surface area contributed by atoms with Crippen molar-refractivity contribution in [3.63, 3.8) is 0 Å². The van der Waals surface area contributed by atoms with Crippen LogP contribution < -0.4 is 10.6 Å². The van der Waals surface area contributed by atoms with E-state index in [1.807, 2.05) is 101 Å². The Balaban J connectivity index is 1.18. The first-order valence-electron chi connectivity index (χ1n) is 15.0. The molecule has 12 heteroatoms. The van der Waals surface area contributed by atoms with Crippen LogP contribution >= 0.6 is 0 Å². The van der Waals surface area contributed by atoms with Crippen molar-refractivity contribution >= 4 is 11.8 Å². The smallest absolute Gasteiger partial charge is 0.223 e. The maximum atomic E-state index is 12.4. The fourth-order valence-electron chi connectivity index (χ4n) is 4.31. The van der Waals surface area contributed by atoms with Gasteiger partial charge in [0.1, 0.15) is 11.4 Å². The molecular formula is C32H42N8O4. The number of benzene rings is 2. The third kappa shape index (κ3) is 9.55. The zero-order chi connectivity index (χ0) is 31.3. The fraction of sp³-hybridized carbons (Fsp3) is 0.438. The highest BCUT2D eigenvalue weighted by Gasteiger charge is 2.22. The summed E-state index contributed by atoms with van der Waals surface area (Å²) < 4.78 is 14.9. The number of rotatable bonds is 17. The second kappa shape index (κ2) is 16.4. The molecule has 0 spiro atoms. The Morgan fingerprint density at radius 1 is 0.636 bits per heavy atom. The van der Waals surface area contributed by atoms with Gasteiger partial charge in [0.25, 0.3) is 0 Å². The second-order valence-corrected chi connectivity index (χ2v) is 11.1. The van der Waals surface area contributed by atoms with Crippen molar-refractivity contribution in [2.24, 2.45) is 11.8 Å². The fourth-order valence-corrected chi connectivity index (χ4v) is 4.31. The molecule has 2 unspecified atom stereocenters. The standard InChI is InChI=1S/C32H42N8O4/c1-23(2)31(41)33-29(25-11-7-5-8-12-25)27-21-39(37-35-27)15-17-43-19-20-44-18-16-40-22-28(36-38-40)30(34-32(42)24(3)4)26-13-9-6-10-14-26/h5-14,21-24,29-30H,15-20H2,1-4H3,(H,33,41)(H,34,42). The van der Waals surface area contributed by atoms with E-state index in [4.69, 9.17) is 9.47 Å². The molecule has 44 heavy (non-hydrogen) atoms. The summed E-state index contributed by atoms with van der Waals surface area (Å²) in [6.07, 6.45) is 3.67. The van der Waals surface area contributed by atoms with Crippen LogP contribution in [0.4, 0.5) is 0 Å². The SMILES string of the molecule is CC(C)C(=O)NC(c1ccccc1)c1cn(CCOCCOCCn2cc(C(NC(=O)C(C)C)c3ccccc3)nn2)nn1. The van der Waals surface area contributed by atoms with Gasteiger partial charge in [-0.05, 0) is 11.1 Å². The molecule has 2 aromatic carbocycles. The van der Waals surface area contributed by atoms with Crippen molar-refractivity contribution in [2.75, 3.05) is 26.4 Å². The van der Waals surface area contributed by atoms with Crippen molar-refractivity contribution in [2.45, 2.75) is 52.9 Å². The average Bonchev–Trinajstić information content (AvgIpc) is 3.70. The molecule has 4 rings (SSSR count). The van der Waals surface area contributed by atoms with Crippen molar-refractivity contribution in [3.8, 4) is 0 Å². The third-order valence-electron chi connectivity index (χ3n) is 6.89. The molecule has 234 valence electrons. The van der Waals surface area contributed by atoms with E-state index in [2.05, 4.69) is 31.3 Å². The molecule has 2 amide bonds. The van der Waals surface area contributed by atoms with Gasteiger partial charge in [-0.15, -0.1) is 10.2 Å². The van der Waals surface area contributed by atoms with Gasteiger partial charge < -0.3 is 20.1 Å². The lowest BCUT2D eigenvalue weighted by atomic mass is 10.0. The lowest BCUT2D eigenvalue weighted by molar-refractivity contribution is -0.125. The molecule has 0 saturated carbocycles. The Labute approximate surface area is 258 Å². The van der Waals surface area contributed by atoms with Gasteiger partial charge in [0.2, 0.25) is 11.8 Å². The molecule has 0 bridgehead atoms. The summed E-state index contributed by atoms with van der Waals surface area (Å²) in [4.78, 5) is 24.8. The number of hydrogen-bond acceptors (Lipinski definition) is 8. The van der Waals surface area contributed by atoms with Gasteiger partial charge in [0.15, 0.2) is 0 Å². The number of amides is 2. The van der Waals surface area contributed by atoms with Crippen molar-refractivity contribution < 1.29 is 19.1 Å². The number of ether oxygens (including phenoxy) is 2. The lowest BCUT2D eigenvalue weighted by Gasteiger charge is -2.18. The van der Waals surface area contributed by atoms with E-state index in [0.717, 1.165) is 11.1 Å². The van der Waals surface area contributed by atoms with Gasteiger partial charge in [-0.3, -0.25) is 9.59 Å². The second-order valence-electron chi connectivity index (χ2n) is 11.1. The van der Waals surface area contributed by atoms with Crippen LogP contribution in [-0.2, 0) is 32.2 Å². The van der Waals surface area contributed by atoms with E-state index in [1.165, 1.54) is 0 Å². The van der Waals surface area contributed by atoms with Crippen LogP contribution in [0.1, 0.15) is 62.3 Å². The molecule has 0 aliphatic heterocycles. The molecule has 4 aromatic rings. The van der Waals surface area contributed by atoms with Crippen LogP contribution in [0.2, 0.25) is 0 Å².